The third-order valence-electron chi connectivity index (χ3n) is 3.32. The second kappa shape index (κ2) is 8.73. The number of allylic oxidation sites excluding steroid dienone is 2. The maximum absolute atomic E-state index is 13.8. The number of carbonyl (C=O) groups is 2. The number of carboxylic acids is 1. The van der Waals surface area contributed by atoms with Crippen LogP contribution in [0.2, 0.25) is 0 Å². The molecule has 0 radical (unpaired) electrons. The molecule has 1 aromatic rings. The van der Waals surface area contributed by atoms with E-state index in [0.717, 1.165) is 6.07 Å². The van der Waals surface area contributed by atoms with Crippen molar-refractivity contribution in [2.24, 2.45) is 5.92 Å². The predicted molar refractivity (Wildman–Crippen MR) is 84.6 cm³/mol. The second-order valence-corrected chi connectivity index (χ2v) is 4.92. The molecule has 1 aromatic carbocycles. The van der Waals surface area contributed by atoms with Gasteiger partial charge in [-0.1, -0.05) is 18.2 Å². The summed E-state index contributed by atoms with van der Waals surface area (Å²) in [5.41, 5.74) is 0.125. The van der Waals surface area contributed by atoms with Crippen molar-refractivity contribution in [3.05, 3.63) is 54.9 Å². The molecule has 0 spiro atoms. The molecule has 2 N–H and O–H groups in total. The summed E-state index contributed by atoms with van der Waals surface area (Å²) in [6, 6.07) is 2.41. The number of ether oxygens (including phenoxy) is 1. The summed E-state index contributed by atoms with van der Waals surface area (Å²) >= 11 is 0. The van der Waals surface area contributed by atoms with E-state index in [0.29, 0.717) is 12.8 Å². The van der Waals surface area contributed by atoms with E-state index in [9.17, 15) is 19.1 Å². The summed E-state index contributed by atoms with van der Waals surface area (Å²) in [5.74, 6) is -2.89. The van der Waals surface area contributed by atoms with E-state index in [2.05, 4.69) is 18.5 Å². The lowest BCUT2D eigenvalue weighted by Crippen LogP contribution is -2.37. The van der Waals surface area contributed by atoms with Crippen molar-refractivity contribution in [3.8, 4) is 5.75 Å². The monoisotopic (exact) mass is 321 g/mol. The number of amides is 1. The van der Waals surface area contributed by atoms with Gasteiger partial charge in [-0.2, -0.15) is 0 Å². The van der Waals surface area contributed by atoms with Gasteiger partial charge in [0.05, 0.1) is 7.11 Å². The van der Waals surface area contributed by atoms with Crippen LogP contribution in [0.5, 0.6) is 5.75 Å². The first-order chi connectivity index (χ1) is 10.9. The van der Waals surface area contributed by atoms with Crippen LogP contribution in [-0.4, -0.2) is 24.1 Å². The number of rotatable bonds is 9. The molecule has 0 heterocycles. The van der Waals surface area contributed by atoms with E-state index in [1.807, 2.05) is 0 Å². The first-order valence-corrected chi connectivity index (χ1v) is 7.03. The molecule has 0 fully saturated rings. The van der Waals surface area contributed by atoms with Crippen LogP contribution in [0.3, 0.4) is 0 Å². The van der Waals surface area contributed by atoms with Gasteiger partial charge in [-0.05, 0) is 30.5 Å². The van der Waals surface area contributed by atoms with Gasteiger partial charge in [0.2, 0.25) is 5.91 Å². The molecule has 124 valence electrons. The lowest BCUT2D eigenvalue weighted by Gasteiger charge is -2.19. The van der Waals surface area contributed by atoms with Gasteiger partial charge < -0.3 is 15.2 Å². The molecule has 0 aromatic heterocycles. The highest BCUT2D eigenvalue weighted by Crippen LogP contribution is 2.23. The number of hydrogen-bond acceptors (Lipinski definition) is 3. The summed E-state index contributed by atoms with van der Waals surface area (Å²) in [5, 5.41) is 11.8. The smallest absolute Gasteiger partial charge is 0.330 e. The Morgan fingerprint density at radius 1 is 1.35 bits per heavy atom. The molecule has 1 unspecified atom stereocenters. The second-order valence-electron chi connectivity index (χ2n) is 4.92. The number of halogens is 1. The predicted octanol–water partition coefficient (Wildman–Crippen LogP) is 2.84. The van der Waals surface area contributed by atoms with E-state index in [1.165, 1.54) is 19.2 Å². The van der Waals surface area contributed by atoms with Gasteiger partial charge in [0, 0.05) is 5.92 Å². The van der Waals surface area contributed by atoms with Crippen LogP contribution >= 0.6 is 0 Å². The Morgan fingerprint density at radius 3 is 2.39 bits per heavy atom. The number of hydrogen-bond donors (Lipinski definition) is 2. The molecule has 0 aliphatic carbocycles. The minimum absolute atomic E-state index is 0.000376. The standard InChI is InChI=1S/C17H20FNO4/c1-4-6-11(7-5-2)16(20)19-15(17(21)22)12-8-9-14(23-3)13(18)10-12/h4-5,8-11,15H,1-2,6-7H2,3H3,(H,19,20)(H,21,22). The molecule has 0 aliphatic rings. The van der Waals surface area contributed by atoms with Crippen molar-refractivity contribution < 1.29 is 23.8 Å². The van der Waals surface area contributed by atoms with E-state index in [-0.39, 0.29) is 11.3 Å². The van der Waals surface area contributed by atoms with Crippen LogP contribution < -0.4 is 10.1 Å². The highest BCUT2D eigenvalue weighted by atomic mass is 19.1. The molecule has 5 nitrogen and oxygen atoms in total. The number of carbonyl (C=O) groups excluding carboxylic acids is 1. The number of carboxylic acid groups (broad SMARTS) is 1. The number of benzene rings is 1. The molecule has 0 saturated heterocycles. The average molecular weight is 321 g/mol. The fourth-order valence-corrected chi connectivity index (χ4v) is 2.12. The lowest BCUT2D eigenvalue weighted by atomic mass is 9.99. The zero-order valence-corrected chi connectivity index (χ0v) is 12.9. The maximum atomic E-state index is 13.8. The van der Waals surface area contributed by atoms with Gasteiger partial charge in [0.15, 0.2) is 17.6 Å². The van der Waals surface area contributed by atoms with E-state index < -0.39 is 29.7 Å². The Balaban J connectivity index is 3.00. The fraction of sp³-hybridized carbons (Fsp3) is 0.294. The van der Waals surface area contributed by atoms with Crippen LogP contribution in [0.15, 0.2) is 43.5 Å². The highest BCUT2D eigenvalue weighted by Gasteiger charge is 2.26. The molecule has 6 heteroatoms. The summed E-state index contributed by atoms with van der Waals surface area (Å²) in [7, 11) is 1.31. The molecular weight excluding hydrogens is 301 g/mol. The zero-order valence-electron chi connectivity index (χ0n) is 12.9. The minimum Gasteiger partial charge on any atom is -0.494 e. The van der Waals surface area contributed by atoms with Crippen LogP contribution in [-0.2, 0) is 9.59 Å². The van der Waals surface area contributed by atoms with Gasteiger partial charge in [-0.3, -0.25) is 4.79 Å². The molecule has 1 atom stereocenters. The molecule has 0 bridgehead atoms. The van der Waals surface area contributed by atoms with Gasteiger partial charge in [0.25, 0.3) is 0 Å². The molecule has 23 heavy (non-hydrogen) atoms. The van der Waals surface area contributed by atoms with Crippen molar-refractivity contribution in [2.45, 2.75) is 18.9 Å². The van der Waals surface area contributed by atoms with Crippen LogP contribution in [0.1, 0.15) is 24.4 Å². The lowest BCUT2D eigenvalue weighted by molar-refractivity contribution is -0.142. The molecule has 1 amide bonds. The Hall–Kier alpha value is -2.63. The SMILES string of the molecule is C=CCC(CC=C)C(=O)NC(C(=O)O)c1ccc(OC)c(F)c1. The molecule has 0 aliphatic heterocycles. The minimum atomic E-state index is -1.35. The normalized spacial score (nSPS) is 11.6. The Labute approximate surface area is 134 Å². The van der Waals surface area contributed by atoms with E-state index in [1.54, 1.807) is 12.2 Å². The van der Waals surface area contributed by atoms with Gasteiger partial charge in [-0.15, -0.1) is 13.2 Å². The number of nitrogens with one attached hydrogen (secondary N) is 1. The zero-order chi connectivity index (χ0) is 17.4. The van der Waals surface area contributed by atoms with E-state index in [4.69, 9.17) is 4.74 Å². The van der Waals surface area contributed by atoms with Crippen LogP contribution in [0.25, 0.3) is 0 Å². The Morgan fingerprint density at radius 2 is 1.96 bits per heavy atom. The summed E-state index contributed by atoms with van der Waals surface area (Å²) in [4.78, 5) is 23.7. The average Bonchev–Trinajstić information content (AvgIpc) is 2.51. The third-order valence-corrected chi connectivity index (χ3v) is 3.32. The topological polar surface area (TPSA) is 75.6 Å². The maximum Gasteiger partial charge on any atom is 0.330 e. The summed E-state index contributed by atoms with van der Waals surface area (Å²) < 4.78 is 18.5. The fourth-order valence-electron chi connectivity index (χ4n) is 2.12. The van der Waals surface area contributed by atoms with Gasteiger partial charge in [-0.25, -0.2) is 9.18 Å². The Bertz CT molecular complexity index is 590. The largest absolute Gasteiger partial charge is 0.494 e. The van der Waals surface area contributed by atoms with Gasteiger partial charge in [0.1, 0.15) is 0 Å². The van der Waals surface area contributed by atoms with E-state index >= 15 is 0 Å². The van der Waals surface area contributed by atoms with Crippen molar-refractivity contribution in [1.82, 2.24) is 5.32 Å². The number of aliphatic carboxylic acids is 1. The van der Waals surface area contributed by atoms with Crippen molar-refractivity contribution in [2.75, 3.05) is 7.11 Å². The third kappa shape index (κ3) is 4.95. The molecular formula is C17H20FNO4. The van der Waals surface area contributed by atoms with Crippen molar-refractivity contribution in [1.29, 1.82) is 0 Å². The highest BCUT2D eigenvalue weighted by molar-refractivity contribution is 5.86. The van der Waals surface area contributed by atoms with Crippen molar-refractivity contribution >= 4 is 11.9 Å². The first-order valence-electron chi connectivity index (χ1n) is 7.03. The summed E-state index contributed by atoms with van der Waals surface area (Å²) in [6.45, 7) is 7.15. The Kier molecular flexibility index (Phi) is 6.99. The number of methoxy groups -OCH3 is 1. The van der Waals surface area contributed by atoms with Crippen LogP contribution in [0.4, 0.5) is 4.39 Å². The van der Waals surface area contributed by atoms with Gasteiger partial charge >= 0.3 is 5.97 Å². The van der Waals surface area contributed by atoms with Crippen LogP contribution in [0, 0.1) is 11.7 Å². The molecule has 0 saturated carbocycles. The summed E-state index contributed by atoms with van der Waals surface area (Å²) in [6.07, 6.45) is 3.94. The first kappa shape index (κ1) is 18.4. The molecule has 1 rings (SSSR count). The quantitative estimate of drug-likeness (QED) is 0.686. The van der Waals surface area contributed by atoms with Crippen molar-refractivity contribution in [3.63, 3.8) is 0 Å².